The van der Waals surface area contributed by atoms with Crippen molar-refractivity contribution in [3.05, 3.63) is 35.6 Å². The van der Waals surface area contributed by atoms with Gasteiger partial charge in [-0.2, -0.15) is 4.31 Å². The number of sulfonamides is 1. The fraction of sp³-hybridized carbons (Fsp3) is 0.500. The minimum absolute atomic E-state index is 0.0699. The van der Waals surface area contributed by atoms with E-state index in [1.54, 1.807) is 13.0 Å². The third-order valence-corrected chi connectivity index (χ3v) is 5.41. The summed E-state index contributed by atoms with van der Waals surface area (Å²) in [7, 11) is -3.48. The van der Waals surface area contributed by atoms with Gasteiger partial charge in [-0.05, 0) is 19.1 Å². The molecule has 1 aliphatic heterocycles. The molecule has 0 aromatic heterocycles. The third kappa shape index (κ3) is 4.02. The normalized spacial score (nSPS) is 19.8. The summed E-state index contributed by atoms with van der Waals surface area (Å²) in [6, 6.07) is 5.34. The number of amides is 1. The van der Waals surface area contributed by atoms with Gasteiger partial charge in [-0.3, -0.25) is 4.79 Å². The number of carbonyl (C=O) groups is 1. The maximum Gasteiger partial charge on any atom is 0.254 e. The van der Waals surface area contributed by atoms with Crippen LogP contribution in [-0.2, 0) is 14.8 Å². The highest BCUT2D eigenvalue weighted by atomic mass is 32.2. The Morgan fingerprint density at radius 3 is 2.86 bits per heavy atom. The van der Waals surface area contributed by atoms with E-state index >= 15 is 0 Å². The molecular formula is C14H19FN2O4S. The number of benzene rings is 1. The van der Waals surface area contributed by atoms with Gasteiger partial charge in [0.05, 0.1) is 24.5 Å². The van der Waals surface area contributed by atoms with E-state index in [2.05, 4.69) is 5.32 Å². The maximum atomic E-state index is 13.4. The second-order valence-electron chi connectivity index (χ2n) is 5.09. The fourth-order valence-electron chi connectivity index (χ4n) is 2.28. The molecule has 6 nitrogen and oxygen atoms in total. The molecule has 1 atom stereocenters. The van der Waals surface area contributed by atoms with E-state index in [0.29, 0.717) is 19.8 Å². The summed E-state index contributed by atoms with van der Waals surface area (Å²) in [4.78, 5) is 11.8. The highest BCUT2D eigenvalue weighted by Crippen LogP contribution is 2.12. The second kappa shape index (κ2) is 7.17. The van der Waals surface area contributed by atoms with Crippen LogP contribution in [0.1, 0.15) is 17.3 Å². The van der Waals surface area contributed by atoms with Gasteiger partial charge in [-0.1, -0.05) is 12.1 Å². The monoisotopic (exact) mass is 330 g/mol. The van der Waals surface area contributed by atoms with Crippen molar-refractivity contribution in [3.8, 4) is 0 Å². The Labute approximate surface area is 129 Å². The molecule has 0 aliphatic carbocycles. The van der Waals surface area contributed by atoms with Gasteiger partial charge >= 0.3 is 0 Å². The van der Waals surface area contributed by atoms with Gasteiger partial charge in [-0.25, -0.2) is 12.8 Å². The molecule has 0 bridgehead atoms. The van der Waals surface area contributed by atoms with Gasteiger partial charge in [0.25, 0.3) is 5.91 Å². The van der Waals surface area contributed by atoms with Crippen LogP contribution in [0.4, 0.5) is 4.39 Å². The molecular weight excluding hydrogens is 311 g/mol. The Morgan fingerprint density at radius 2 is 2.18 bits per heavy atom. The first-order valence-electron chi connectivity index (χ1n) is 7.02. The van der Waals surface area contributed by atoms with Gasteiger partial charge in [0.1, 0.15) is 5.82 Å². The van der Waals surface area contributed by atoms with Gasteiger partial charge in [0, 0.05) is 19.1 Å². The molecule has 1 saturated heterocycles. The van der Waals surface area contributed by atoms with Gasteiger partial charge in [-0.15, -0.1) is 0 Å². The van der Waals surface area contributed by atoms with Crippen LogP contribution in [0.2, 0.25) is 0 Å². The van der Waals surface area contributed by atoms with Crippen LogP contribution >= 0.6 is 0 Å². The Balaban J connectivity index is 1.90. The van der Waals surface area contributed by atoms with E-state index in [9.17, 15) is 17.6 Å². The van der Waals surface area contributed by atoms with Crippen molar-refractivity contribution < 1.29 is 22.3 Å². The number of nitrogens with zero attached hydrogens (tertiary/aromatic N) is 1. The summed E-state index contributed by atoms with van der Waals surface area (Å²) < 4.78 is 44.5. The molecule has 0 radical (unpaired) electrons. The molecule has 122 valence electrons. The van der Waals surface area contributed by atoms with Gasteiger partial charge in [0.15, 0.2) is 0 Å². The number of rotatable bonds is 5. The lowest BCUT2D eigenvalue weighted by Gasteiger charge is -2.32. The number of ether oxygens (including phenoxy) is 1. The second-order valence-corrected chi connectivity index (χ2v) is 7.13. The molecule has 1 aromatic rings. The van der Waals surface area contributed by atoms with Crippen molar-refractivity contribution in [1.29, 1.82) is 0 Å². The highest BCUT2D eigenvalue weighted by Gasteiger charge is 2.29. The van der Waals surface area contributed by atoms with Crippen molar-refractivity contribution in [2.45, 2.75) is 13.0 Å². The number of halogens is 1. The molecule has 1 unspecified atom stereocenters. The van der Waals surface area contributed by atoms with Crippen molar-refractivity contribution >= 4 is 15.9 Å². The van der Waals surface area contributed by atoms with Crippen molar-refractivity contribution in [2.75, 3.05) is 32.1 Å². The predicted octanol–water partition coefficient (Wildman–Crippen LogP) is 0.606. The molecule has 1 heterocycles. The van der Waals surface area contributed by atoms with Gasteiger partial charge < -0.3 is 10.1 Å². The molecule has 1 N–H and O–H groups in total. The lowest BCUT2D eigenvalue weighted by Crippen LogP contribution is -2.49. The molecule has 8 heteroatoms. The zero-order valence-corrected chi connectivity index (χ0v) is 13.1. The number of nitrogens with one attached hydrogen (secondary N) is 1. The van der Waals surface area contributed by atoms with Crippen LogP contribution in [0.15, 0.2) is 24.3 Å². The van der Waals surface area contributed by atoms with E-state index in [1.165, 1.54) is 22.5 Å². The topological polar surface area (TPSA) is 75.7 Å². The average molecular weight is 330 g/mol. The summed E-state index contributed by atoms with van der Waals surface area (Å²) in [6.07, 6.45) is 0. The first-order valence-corrected chi connectivity index (χ1v) is 8.63. The van der Waals surface area contributed by atoms with Crippen LogP contribution < -0.4 is 5.32 Å². The zero-order chi connectivity index (χ0) is 16.2. The van der Waals surface area contributed by atoms with Crippen LogP contribution in [-0.4, -0.2) is 56.7 Å². The number of morpholine rings is 1. The highest BCUT2D eigenvalue weighted by molar-refractivity contribution is 7.89. The predicted molar refractivity (Wildman–Crippen MR) is 79.5 cm³/mol. The quantitative estimate of drug-likeness (QED) is 0.858. The molecule has 0 saturated carbocycles. The largest absolute Gasteiger partial charge is 0.378 e. The molecule has 1 aliphatic rings. The van der Waals surface area contributed by atoms with Crippen LogP contribution in [0.3, 0.4) is 0 Å². The lowest BCUT2D eigenvalue weighted by molar-refractivity contribution is 0.0393. The molecule has 1 fully saturated rings. The summed E-state index contributed by atoms with van der Waals surface area (Å²) in [5.74, 6) is -1.48. The van der Waals surface area contributed by atoms with E-state index < -0.39 is 21.7 Å². The molecule has 1 amide bonds. The summed E-state index contributed by atoms with van der Waals surface area (Å²) in [6.45, 7) is 2.74. The van der Waals surface area contributed by atoms with Crippen molar-refractivity contribution in [1.82, 2.24) is 9.62 Å². The van der Waals surface area contributed by atoms with E-state index in [4.69, 9.17) is 4.74 Å². The Kier molecular flexibility index (Phi) is 5.49. The summed E-state index contributed by atoms with van der Waals surface area (Å²) >= 11 is 0. The minimum Gasteiger partial charge on any atom is -0.378 e. The molecule has 2 rings (SSSR count). The number of carbonyl (C=O) groups excluding carboxylic acids is 1. The van der Waals surface area contributed by atoms with Crippen molar-refractivity contribution in [3.63, 3.8) is 0 Å². The molecule has 22 heavy (non-hydrogen) atoms. The maximum absolute atomic E-state index is 13.4. The fourth-order valence-corrected chi connectivity index (χ4v) is 3.83. The van der Waals surface area contributed by atoms with Crippen LogP contribution in [0.25, 0.3) is 0 Å². The van der Waals surface area contributed by atoms with Crippen LogP contribution in [0, 0.1) is 5.82 Å². The number of hydrogen-bond donors (Lipinski definition) is 1. The Bertz CT molecular complexity index is 635. The minimum atomic E-state index is -3.48. The van der Waals surface area contributed by atoms with E-state index in [0.717, 1.165) is 0 Å². The van der Waals surface area contributed by atoms with Crippen LogP contribution in [0.5, 0.6) is 0 Å². The first kappa shape index (κ1) is 16.9. The zero-order valence-electron chi connectivity index (χ0n) is 12.3. The lowest BCUT2D eigenvalue weighted by atomic mass is 10.2. The Morgan fingerprint density at radius 1 is 1.45 bits per heavy atom. The average Bonchev–Trinajstić information content (AvgIpc) is 2.47. The summed E-state index contributed by atoms with van der Waals surface area (Å²) in [5, 5.41) is 2.43. The first-order chi connectivity index (χ1) is 10.4. The molecule has 1 aromatic carbocycles. The van der Waals surface area contributed by atoms with Gasteiger partial charge in [0.2, 0.25) is 10.0 Å². The number of hydrogen-bond acceptors (Lipinski definition) is 4. The molecule has 0 spiro atoms. The van der Waals surface area contributed by atoms with E-state index in [-0.39, 0.29) is 23.9 Å². The standard InChI is InChI=1S/C14H19FN2O4S/c1-11-10-21-8-7-17(11)22(19,20)9-6-16-14(18)12-4-2-3-5-13(12)15/h2-5,11H,6-10H2,1H3,(H,16,18). The third-order valence-electron chi connectivity index (χ3n) is 3.43. The van der Waals surface area contributed by atoms with E-state index in [1.807, 2.05) is 0 Å². The van der Waals surface area contributed by atoms with Crippen molar-refractivity contribution in [2.24, 2.45) is 0 Å². The smallest absolute Gasteiger partial charge is 0.254 e. The Hall–Kier alpha value is -1.51. The summed E-state index contributed by atoms with van der Waals surface area (Å²) in [5.41, 5.74) is -0.0976. The SMILES string of the molecule is CC1COCCN1S(=O)(=O)CCNC(=O)c1ccccc1F.